The molecular weight excluding hydrogens is 152 g/mol. The van der Waals surface area contributed by atoms with E-state index in [1.54, 1.807) is 0 Å². The van der Waals surface area contributed by atoms with Gasteiger partial charge in [-0.2, -0.15) is 0 Å². The lowest BCUT2D eigenvalue weighted by atomic mass is 10.3. The molecule has 0 aromatic heterocycles. The van der Waals surface area contributed by atoms with Crippen molar-refractivity contribution in [3.8, 4) is 0 Å². The van der Waals surface area contributed by atoms with Crippen molar-refractivity contribution in [1.29, 1.82) is 0 Å². The second kappa shape index (κ2) is 2.67. The van der Waals surface area contributed by atoms with Crippen LogP contribution in [0.3, 0.4) is 0 Å². The molecule has 0 spiro atoms. The van der Waals surface area contributed by atoms with Gasteiger partial charge in [-0.25, -0.2) is 9.69 Å². The van der Waals surface area contributed by atoms with Gasteiger partial charge < -0.3 is 5.11 Å². The first-order valence-electron chi connectivity index (χ1n) is 2.90. The zero-order chi connectivity index (χ0) is 8.43. The molecule has 11 heavy (non-hydrogen) atoms. The number of imide groups is 2. The first-order valence-corrected chi connectivity index (χ1v) is 2.90. The molecule has 0 radical (unpaired) electrons. The van der Waals surface area contributed by atoms with Crippen molar-refractivity contribution in [2.24, 2.45) is 0 Å². The summed E-state index contributed by atoms with van der Waals surface area (Å²) >= 11 is 0. The highest BCUT2D eigenvalue weighted by molar-refractivity contribution is 6.13. The summed E-state index contributed by atoms with van der Waals surface area (Å²) < 4.78 is 0. The molecule has 0 aromatic carbocycles. The van der Waals surface area contributed by atoms with Crippen LogP contribution in [0.2, 0.25) is 0 Å². The third-order valence-electron chi connectivity index (χ3n) is 1.25. The van der Waals surface area contributed by atoms with Crippen LogP contribution in [0.25, 0.3) is 0 Å². The summed E-state index contributed by atoms with van der Waals surface area (Å²) in [5, 5.41) is 10.3. The summed E-state index contributed by atoms with van der Waals surface area (Å²) in [6, 6.07) is -0.867. The van der Waals surface area contributed by atoms with E-state index in [9.17, 15) is 14.4 Å². The smallest absolute Gasteiger partial charge is 0.332 e. The quantitative estimate of drug-likeness (QED) is 0.450. The molecule has 0 bridgehead atoms. The largest absolute Gasteiger partial charge is 0.376 e. The predicted molar refractivity (Wildman–Crippen MR) is 32.1 cm³/mol. The highest BCUT2D eigenvalue weighted by Gasteiger charge is 2.29. The Morgan fingerprint density at radius 3 is 2.55 bits per heavy atom. The Morgan fingerprint density at radius 1 is 1.45 bits per heavy atom. The zero-order valence-electron chi connectivity index (χ0n) is 5.53. The van der Waals surface area contributed by atoms with Crippen LogP contribution in [0, 0.1) is 0 Å². The maximum Gasteiger partial charge on any atom is 0.332 e. The number of hydrogen-bond donors (Lipinski definition) is 2. The molecule has 60 valence electrons. The van der Waals surface area contributed by atoms with Crippen LogP contribution >= 0.6 is 0 Å². The number of hydrogen-bond acceptors (Lipinski definition) is 4. The van der Waals surface area contributed by atoms with Crippen molar-refractivity contribution in [3.05, 3.63) is 0 Å². The Hall–Kier alpha value is -1.43. The lowest BCUT2D eigenvalue weighted by Gasteiger charge is -2.21. The maximum atomic E-state index is 10.7. The van der Waals surface area contributed by atoms with Gasteiger partial charge in [0, 0.05) is 0 Å². The molecule has 4 amide bonds. The molecule has 0 atom stereocenters. The fourth-order valence-corrected chi connectivity index (χ4v) is 0.720. The van der Waals surface area contributed by atoms with Crippen molar-refractivity contribution >= 4 is 17.8 Å². The molecule has 6 nitrogen and oxygen atoms in total. The lowest BCUT2D eigenvalue weighted by Crippen LogP contribution is -2.52. The van der Waals surface area contributed by atoms with Crippen LogP contribution < -0.4 is 5.32 Å². The van der Waals surface area contributed by atoms with E-state index in [4.69, 9.17) is 5.11 Å². The second-order valence-corrected chi connectivity index (χ2v) is 1.99. The van der Waals surface area contributed by atoms with Gasteiger partial charge in [0.05, 0.1) is 0 Å². The minimum Gasteiger partial charge on any atom is -0.376 e. The monoisotopic (exact) mass is 158 g/mol. The molecule has 1 aliphatic heterocycles. The standard InChI is InChI=1S/C5H6N2O4/c8-2-7-4(10)1-3(9)6-5(7)11/h8H,1-2H2,(H,6,9,11). The molecule has 1 saturated heterocycles. The predicted octanol–water partition coefficient (Wildman–Crippen LogP) is -1.60. The third-order valence-corrected chi connectivity index (χ3v) is 1.25. The minimum atomic E-state index is -0.867. The van der Waals surface area contributed by atoms with E-state index in [2.05, 4.69) is 0 Å². The van der Waals surface area contributed by atoms with Crippen LogP contribution in [-0.2, 0) is 9.59 Å². The van der Waals surface area contributed by atoms with Gasteiger partial charge in [-0.3, -0.25) is 14.9 Å². The molecule has 1 aliphatic rings. The van der Waals surface area contributed by atoms with E-state index < -0.39 is 24.6 Å². The number of nitrogens with zero attached hydrogens (tertiary/aromatic N) is 1. The van der Waals surface area contributed by atoms with E-state index in [-0.39, 0.29) is 6.42 Å². The Labute approximate surface area is 61.8 Å². The van der Waals surface area contributed by atoms with E-state index in [0.717, 1.165) is 0 Å². The number of amides is 4. The Kier molecular flexibility index (Phi) is 1.86. The number of carbonyl (C=O) groups excluding carboxylic acids is 3. The van der Waals surface area contributed by atoms with Gasteiger partial charge in [0.15, 0.2) is 0 Å². The molecule has 0 aliphatic carbocycles. The van der Waals surface area contributed by atoms with Gasteiger partial charge in [-0.1, -0.05) is 0 Å². The number of rotatable bonds is 1. The average molecular weight is 158 g/mol. The van der Waals surface area contributed by atoms with Gasteiger partial charge in [-0.15, -0.1) is 0 Å². The number of nitrogens with one attached hydrogen (secondary N) is 1. The van der Waals surface area contributed by atoms with Crippen LogP contribution in [0.1, 0.15) is 6.42 Å². The Balaban J connectivity index is 2.74. The topological polar surface area (TPSA) is 86.7 Å². The van der Waals surface area contributed by atoms with E-state index in [1.165, 1.54) is 0 Å². The lowest BCUT2D eigenvalue weighted by molar-refractivity contribution is -0.138. The van der Waals surface area contributed by atoms with E-state index in [1.807, 2.05) is 5.32 Å². The molecule has 0 unspecified atom stereocenters. The number of aliphatic hydroxyl groups is 1. The summed E-state index contributed by atoms with van der Waals surface area (Å²) in [5.74, 6) is -1.31. The van der Waals surface area contributed by atoms with Gasteiger partial charge in [0.2, 0.25) is 11.8 Å². The molecule has 2 N–H and O–H groups in total. The number of barbiturate groups is 1. The SMILES string of the molecule is O=C1CC(=O)N(CO)C(=O)N1. The highest BCUT2D eigenvalue weighted by atomic mass is 16.3. The first-order chi connectivity index (χ1) is 5.15. The fourth-order valence-electron chi connectivity index (χ4n) is 0.720. The van der Waals surface area contributed by atoms with Gasteiger partial charge in [-0.05, 0) is 0 Å². The number of aliphatic hydroxyl groups excluding tert-OH is 1. The number of carbonyl (C=O) groups is 3. The van der Waals surface area contributed by atoms with Crippen molar-refractivity contribution < 1.29 is 19.5 Å². The van der Waals surface area contributed by atoms with Gasteiger partial charge in [0.25, 0.3) is 0 Å². The maximum absolute atomic E-state index is 10.7. The molecule has 0 saturated carbocycles. The normalized spacial score (nSPS) is 18.6. The average Bonchev–Trinajstić information content (AvgIpc) is 1.85. The molecule has 6 heteroatoms. The first kappa shape index (κ1) is 7.67. The second-order valence-electron chi connectivity index (χ2n) is 1.99. The van der Waals surface area contributed by atoms with Gasteiger partial charge in [0.1, 0.15) is 13.2 Å². The van der Waals surface area contributed by atoms with Crippen molar-refractivity contribution in [2.75, 3.05) is 6.73 Å². The summed E-state index contributed by atoms with van der Waals surface area (Å²) in [5.41, 5.74) is 0. The summed E-state index contributed by atoms with van der Waals surface area (Å²) in [6.07, 6.45) is -0.383. The molecule has 1 heterocycles. The summed E-state index contributed by atoms with van der Waals surface area (Å²) in [4.78, 5) is 32.4. The molecule has 0 aromatic rings. The molecule has 1 rings (SSSR count). The minimum absolute atomic E-state index is 0.383. The van der Waals surface area contributed by atoms with Gasteiger partial charge >= 0.3 is 6.03 Å². The highest BCUT2D eigenvalue weighted by Crippen LogP contribution is 2.00. The van der Waals surface area contributed by atoms with Crippen LogP contribution in [0.5, 0.6) is 0 Å². The van der Waals surface area contributed by atoms with Crippen molar-refractivity contribution in [1.82, 2.24) is 10.2 Å². The molecular formula is C5H6N2O4. The summed E-state index contributed by atoms with van der Waals surface area (Å²) in [7, 11) is 0. The van der Waals surface area contributed by atoms with Crippen molar-refractivity contribution in [3.63, 3.8) is 0 Å². The number of urea groups is 1. The van der Waals surface area contributed by atoms with Crippen molar-refractivity contribution in [2.45, 2.75) is 6.42 Å². The van der Waals surface area contributed by atoms with E-state index in [0.29, 0.717) is 4.90 Å². The van der Waals surface area contributed by atoms with Crippen LogP contribution in [-0.4, -0.2) is 34.6 Å². The summed E-state index contributed by atoms with van der Waals surface area (Å²) in [6.45, 7) is -0.696. The van der Waals surface area contributed by atoms with E-state index >= 15 is 0 Å². The van der Waals surface area contributed by atoms with Crippen LogP contribution in [0.15, 0.2) is 0 Å². The Bertz CT molecular complexity index is 205. The van der Waals surface area contributed by atoms with Crippen LogP contribution in [0.4, 0.5) is 4.79 Å². The third kappa shape index (κ3) is 1.35. The molecule has 1 fully saturated rings. The fraction of sp³-hybridized carbons (Fsp3) is 0.400. The zero-order valence-corrected chi connectivity index (χ0v) is 5.53. The Morgan fingerprint density at radius 2 is 2.09 bits per heavy atom.